The number of ether oxygens (including phenoxy) is 2. The van der Waals surface area contributed by atoms with Crippen molar-refractivity contribution in [1.82, 2.24) is 0 Å². The van der Waals surface area contributed by atoms with E-state index in [0.29, 0.717) is 0 Å². The molecular weight excluding hydrogens is 379 g/mol. The Morgan fingerprint density at radius 1 is 0.609 bits per heavy atom. The van der Waals surface area contributed by atoms with E-state index in [1.165, 1.54) is 4.74 Å². The molecule has 0 aliphatic heterocycles. The Bertz CT molecular complexity index is 411. The molecule has 3 nitrogen and oxygen atoms in total. The Hall–Kier alpha value is -1.03. The van der Waals surface area contributed by atoms with Gasteiger partial charge in [-0.15, -0.1) is 13.2 Å². The maximum absolute atomic E-state index is 13.1. The fourth-order valence-corrected chi connectivity index (χ4v) is 0.890. The Labute approximate surface area is 116 Å². The highest BCUT2D eigenvalue weighted by molar-refractivity contribution is 4.90. The minimum absolute atomic E-state index is 1.48. The highest BCUT2D eigenvalue weighted by Gasteiger charge is 2.80. The fourth-order valence-electron chi connectivity index (χ4n) is 0.890. The molecule has 0 spiro atoms. The molecule has 0 heterocycles. The molecule has 23 heavy (non-hydrogen) atoms. The van der Waals surface area contributed by atoms with Crippen LogP contribution in [0, 0.1) is 0 Å². The molecule has 140 valence electrons. The van der Waals surface area contributed by atoms with Crippen LogP contribution in [0.25, 0.3) is 0 Å². The van der Waals surface area contributed by atoms with Gasteiger partial charge in [0.1, 0.15) is 6.61 Å². The normalized spacial score (nSPS) is 20.1. The molecule has 0 saturated heterocycles. The van der Waals surface area contributed by atoms with E-state index in [0.717, 1.165) is 0 Å². The second-order valence-electron chi connectivity index (χ2n) is 3.64. The Balaban J connectivity index is 5.98. The maximum atomic E-state index is 13.1. The van der Waals surface area contributed by atoms with Gasteiger partial charge in [-0.3, -0.25) is 4.74 Å². The second kappa shape index (κ2) is 5.80. The summed E-state index contributed by atoms with van der Waals surface area (Å²) in [5.74, 6) is -13.3. The molecule has 0 rings (SSSR count). The van der Waals surface area contributed by atoms with Crippen molar-refractivity contribution in [3.8, 4) is 0 Å². The average molecular weight is 382 g/mol. The van der Waals surface area contributed by atoms with Gasteiger partial charge in [0.05, 0.1) is 0 Å². The molecule has 0 bridgehead atoms. The summed E-state index contributed by atoms with van der Waals surface area (Å²) in [5, 5.41) is 7.97. The number of aliphatic hydroxyl groups excluding tert-OH is 1. The van der Waals surface area contributed by atoms with Gasteiger partial charge >= 0.3 is 36.5 Å². The molecule has 0 radical (unpaired) electrons. The van der Waals surface area contributed by atoms with Crippen LogP contribution in [0.1, 0.15) is 0 Å². The van der Waals surface area contributed by atoms with Crippen LogP contribution >= 0.6 is 0 Å². The molecule has 0 aliphatic rings. The van der Waals surface area contributed by atoms with Gasteiger partial charge in [0.15, 0.2) is 0 Å². The topological polar surface area (TPSA) is 38.7 Å². The summed E-state index contributed by atoms with van der Waals surface area (Å²) in [5.41, 5.74) is 0. The number of aliphatic hydroxyl groups is 1. The van der Waals surface area contributed by atoms with Crippen molar-refractivity contribution in [1.29, 1.82) is 0 Å². The van der Waals surface area contributed by atoms with Crippen LogP contribution in [-0.4, -0.2) is 48.2 Å². The van der Waals surface area contributed by atoms with Gasteiger partial charge in [-0.05, 0) is 0 Å². The van der Waals surface area contributed by atoms with E-state index in [1.807, 2.05) is 4.74 Å². The van der Waals surface area contributed by atoms with Crippen LogP contribution < -0.4 is 0 Å². The van der Waals surface area contributed by atoms with E-state index in [1.54, 1.807) is 0 Å². The van der Waals surface area contributed by atoms with Crippen molar-refractivity contribution in [3.05, 3.63) is 0 Å². The predicted octanol–water partition coefficient (Wildman–Crippen LogP) is 3.58. The Morgan fingerprint density at radius 2 is 1.00 bits per heavy atom. The summed E-state index contributed by atoms with van der Waals surface area (Å²) >= 11 is 0. The lowest BCUT2D eigenvalue weighted by molar-refractivity contribution is -0.544. The van der Waals surface area contributed by atoms with Crippen LogP contribution in [0.4, 0.5) is 57.1 Å². The molecule has 0 aromatic rings. The zero-order valence-corrected chi connectivity index (χ0v) is 9.88. The summed E-state index contributed by atoms with van der Waals surface area (Å²) in [6.07, 6.45) is -27.9. The minimum Gasteiger partial charge on any atom is -0.390 e. The summed E-state index contributed by atoms with van der Waals surface area (Å²) < 4.78 is 162. The summed E-state index contributed by atoms with van der Waals surface area (Å²) in [6.45, 7) is -3.12. The first kappa shape index (κ1) is 22.0. The van der Waals surface area contributed by atoms with Crippen LogP contribution in [0.3, 0.4) is 0 Å². The highest BCUT2D eigenvalue weighted by Crippen LogP contribution is 2.52. The zero-order chi connectivity index (χ0) is 19.1. The van der Waals surface area contributed by atoms with E-state index in [2.05, 4.69) is 0 Å². The molecule has 0 saturated carbocycles. The first-order valence-electron chi connectivity index (χ1n) is 4.69. The monoisotopic (exact) mass is 382 g/mol. The van der Waals surface area contributed by atoms with Crippen LogP contribution in [0.2, 0.25) is 0 Å². The van der Waals surface area contributed by atoms with Crippen molar-refractivity contribution in [2.24, 2.45) is 0 Å². The number of halogens is 13. The maximum Gasteiger partial charge on any atom is 0.525 e. The Kier molecular flexibility index (Phi) is 5.54. The molecule has 0 amide bonds. The summed E-state index contributed by atoms with van der Waals surface area (Å²) in [4.78, 5) is 0. The van der Waals surface area contributed by atoms with Gasteiger partial charge in [0.2, 0.25) is 0 Å². The molecule has 0 aromatic carbocycles. The molecular formula is C7H3F13O3. The number of alkyl halides is 13. The quantitative estimate of drug-likeness (QED) is 0.739. The molecule has 0 aromatic heterocycles. The van der Waals surface area contributed by atoms with Gasteiger partial charge in [0.25, 0.3) is 0 Å². The standard InChI is InChI=1S/C7H3F13O3/c8-2(1-21,4(10,11)12)22-6(16,17)3(9,5(13,14)15)23-7(18,19)20/h21H,1H2. The lowest BCUT2D eigenvalue weighted by atomic mass is 10.2. The van der Waals surface area contributed by atoms with Crippen molar-refractivity contribution >= 4 is 0 Å². The van der Waals surface area contributed by atoms with Gasteiger partial charge in [-0.2, -0.15) is 43.9 Å². The first-order chi connectivity index (χ1) is 9.72. The molecule has 1 N–H and O–H groups in total. The van der Waals surface area contributed by atoms with Crippen LogP contribution in [-0.2, 0) is 9.47 Å². The predicted molar refractivity (Wildman–Crippen MR) is 40.0 cm³/mol. The number of hydrogen-bond donors (Lipinski definition) is 1. The third-order valence-electron chi connectivity index (χ3n) is 1.91. The third kappa shape index (κ3) is 4.50. The van der Waals surface area contributed by atoms with Gasteiger partial charge in [-0.25, -0.2) is 4.74 Å². The molecule has 0 fully saturated rings. The van der Waals surface area contributed by atoms with Crippen molar-refractivity contribution in [2.45, 2.75) is 36.5 Å². The molecule has 0 aliphatic carbocycles. The molecule has 2 unspecified atom stereocenters. The first-order valence-corrected chi connectivity index (χ1v) is 4.69. The van der Waals surface area contributed by atoms with Gasteiger partial charge in [0, 0.05) is 0 Å². The SMILES string of the molecule is OCC(F)(OC(F)(F)C(F)(OC(F)(F)F)C(F)(F)F)C(F)(F)F. The molecule has 16 heteroatoms. The zero-order valence-electron chi connectivity index (χ0n) is 9.88. The smallest absolute Gasteiger partial charge is 0.390 e. The van der Waals surface area contributed by atoms with Crippen molar-refractivity contribution in [3.63, 3.8) is 0 Å². The largest absolute Gasteiger partial charge is 0.525 e. The Morgan fingerprint density at radius 3 is 1.22 bits per heavy atom. The van der Waals surface area contributed by atoms with E-state index < -0.39 is 43.1 Å². The van der Waals surface area contributed by atoms with Crippen molar-refractivity contribution in [2.75, 3.05) is 6.61 Å². The number of rotatable bonds is 5. The van der Waals surface area contributed by atoms with E-state index >= 15 is 0 Å². The molecule has 2 atom stereocenters. The lowest BCUT2D eigenvalue weighted by Crippen LogP contribution is -2.64. The van der Waals surface area contributed by atoms with E-state index in [4.69, 9.17) is 5.11 Å². The fraction of sp³-hybridized carbons (Fsp3) is 1.00. The lowest BCUT2D eigenvalue weighted by Gasteiger charge is -2.37. The van der Waals surface area contributed by atoms with Gasteiger partial charge < -0.3 is 5.11 Å². The van der Waals surface area contributed by atoms with E-state index in [9.17, 15) is 57.1 Å². The third-order valence-corrected chi connectivity index (χ3v) is 1.91. The second-order valence-corrected chi connectivity index (χ2v) is 3.64. The summed E-state index contributed by atoms with van der Waals surface area (Å²) in [6, 6.07) is 0. The summed E-state index contributed by atoms with van der Waals surface area (Å²) in [7, 11) is 0. The van der Waals surface area contributed by atoms with E-state index in [-0.39, 0.29) is 0 Å². The average Bonchev–Trinajstić information content (AvgIpc) is 2.22. The van der Waals surface area contributed by atoms with Gasteiger partial charge in [-0.1, -0.05) is 0 Å². The number of hydrogen-bond acceptors (Lipinski definition) is 3. The van der Waals surface area contributed by atoms with Crippen molar-refractivity contribution < 1.29 is 71.7 Å². The highest BCUT2D eigenvalue weighted by atomic mass is 19.4. The van der Waals surface area contributed by atoms with Crippen LogP contribution in [0.5, 0.6) is 0 Å². The minimum atomic E-state index is -7.31. The van der Waals surface area contributed by atoms with Crippen LogP contribution in [0.15, 0.2) is 0 Å².